The maximum absolute atomic E-state index is 4.75. The zero-order chi connectivity index (χ0) is 20.6. The third-order valence-electron chi connectivity index (χ3n) is 5.93. The van der Waals surface area contributed by atoms with E-state index in [2.05, 4.69) is 65.8 Å². The van der Waals surface area contributed by atoms with Crippen LogP contribution in [0.5, 0.6) is 0 Å². The highest BCUT2D eigenvalue weighted by molar-refractivity contribution is 5.80. The minimum atomic E-state index is 0.0630. The Labute approximate surface area is 181 Å². The monoisotopic (exact) mass is 397 g/mol. The second-order valence-electron chi connectivity index (χ2n) is 7.73. The molecule has 1 aliphatic rings. The van der Waals surface area contributed by atoms with Crippen molar-refractivity contribution in [1.29, 1.82) is 0 Å². The molecule has 146 valence electrons. The highest BCUT2D eigenvalue weighted by atomic mass is 15.1. The van der Waals surface area contributed by atoms with E-state index in [9.17, 15) is 0 Å². The van der Waals surface area contributed by atoms with Crippen LogP contribution in [-0.4, -0.2) is 15.2 Å². The van der Waals surface area contributed by atoms with Gasteiger partial charge in [0.05, 0.1) is 17.1 Å². The number of hydrogen-bond acceptors (Lipinski definition) is 3. The number of benzene rings is 3. The summed E-state index contributed by atoms with van der Waals surface area (Å²) in [4.78, 5) is 4.72. The van der Waals surface area contributed by atoms with Crippen LogP contribution in [0.1, 0.15) is 22.6 Å². The summed E-state index contributed by atoms with van der Waals surface area (Å²) in [7, 11) is 0. The van der Waals surface area contributed by atoms with Crippen LogP contribution in [0, 0.1) is 0 Å². The predicted octanol–water partition coefficient (Wildman–Crippen LogP) is 6.37. The first-order chi connectivity index (χ1) is 15.4. The lowest BCUT2D eigenvalue weighted by molar-refractivity contribution is 0.951. The molecule has 0 unspecified atom stereocenters. The maximum Gasteiger partial charge on any atom is 0.0971 e. The molecule has 3 heteroatoms. The van der Waals surface area contributed by atoms with Crippen molar-refractivity contribution in [2.24, 2.45) is 0 Å². The molecule has 2 aromatic heterocycles. The number of hydrogen-bond donors (Lipinski definition) is 0. The largest absolute Gasteiger partial charge is 0.256 e. The third-order valence-corrected chi connectivity index (χ3v) is 5.93. The molecule has 0 saturated carbocycles. The molecule has 31 heavy (non-hydrogen) atoms. The van der Waals surface area contributed by atoms with Crippen LogP contribution in [-0.2, 0) is 0 Å². The summed E-state index contributed by atoms with van der Waals surface area (Å²) >= 11 is 0. The van der Waals surface area contributed by atoms with Crippen LogP contribution in [0.4, 0.5) is 0 Å². The van der Waals surface area contributed by atoms with Gasteiger partial charge in [-0.2, -0.15) is 0 Å². The van der Waals surface area contributed by atoms with Crippen LogP contribution >= 0.6 is 0 Å². The molecule has 5 aromatic rings. The molecule has 0 N–H and O–H groups in total. The van der Waals surface area contributed by atoms with Crippen LogP contribution in [0.3, 0.4) is 0 Å². The number of aromatic nitrogens is 3. The standard InChI is InChI=1S/C28H19N3/c1-3-10-19(11-4-1)25-18-24(27(31-30-25)20-12-5-2-6-13-20)26-21-14-7-8-15-22(21)28-23(26)16-9-17-29-28/h1-18,26H/t26-/m1/s1. The summed E-state index contributed by atoms with van der Waals surface area (Å²) in [6.07, 6.45) is 1.87. The Balaban J connectivity index is 1.64. The fourth-order valence-electron chi connectivity index (χ4n) is 4.54. The van der Waals surface area contributed by atoms with Gasteiger partial charge in [0.1, 0.15) is 0 Å². The zero-order valence-corrected chi connectivity index (χ0v) is 16.8. The first kappa shape index (κ1) is 17.7. The minimum absolute atomic E-state index is 0.0630. The second kappa shape index (κ2) is 7.29. The van der Waals surface area contributed by atoms with Crippen LogP contribution in [0.25, 0.3) is 33.8 Å². The molecule has 0 aliphatic heterocycles. The van der Waals surface area contributed by atoms with Gasteiger partial charge in [0.25, 0.3) is 0 Å². The normalized spacial score (nSPS) is 14.1. The highest BCUT2D eigenvalue weighted by Crippen LogP contribution is 2.48. The quantitative estimate of drug-likeness (QED) is 0.348. The van der Waals surface area contributed by atoms with Gasteiger partial charge in [-0.15, -0.1) is 10.2 Å². The maximum atomic E-state index is 4.75. The fourth-order valence-corrected chi connectivity index (χ4v) is 4.54. The summed E-state index contributed by atoms with van der Waals surface area (Å²) in [6.45, 7) is 0. The molecule has 3 nitrogen and oxygen atoms in total. The van der Waals surface area contributed by atoms with E-state index in [1.54, 1.807) is 0 Å². The molecule has 3 aromatic carbocycles. The van der Waals surface area contributed by atoms with E-state index in [1.807, 2.05) is 48.7 Å². The fraction of sp³-hybridized carbons (Fsp3) is 0.0357. The second-order valence-corrected chi connectivity index (χ2v) is 7.73. The third kappa shape index (κ3) is 2.94. The van der Waals surface area contributed by atoms with Gasteiger partial charge in [-0.25, -0.2) is 0 Å². The molecule has 6 rings (SSSR count). The first-order valence-electron chi connectivity index (χ1n) is 10.4. The van der Waals surface area contributed by atoms with E-state index >= 15 is 0 Å². The number of nitrogens with zero attached hydrogens (tertiary/aromatic N) is 3. The lowest BCUT2D eigenvalue weighted by Crippen LogP contribution is -2.06. The average molecular weight is 397 g/mol. The van der Waals surface area contributed by atoms with Crippen molar-refractivity contribution in [3.63, 3.8) is 0 Å². The van der Waals surface area contributed by atoms with Crippen molar-refractivity contribution < 1.29 is 0 Å². The van der Waals surface area contributed by atoms with E-state index in [0.29, 0.717) is 0 Å². The van der Waals surface area contributed by atoms with Crippen LogP contribution in [0.15, 0.2) is 109 Å². The summed E-state index contributed by atoms with van der Waals surface area (Å²) in [5.74, 6) is 0.0630. The van der Waals surface area contributed by atoms with Gasteiger partial charge < -0.3 is 0 Å². The summed E-state index contributed by atoms with van der Waals surface area (Å²) < 4.78 is 0. The highest BCUT2D eigenvalue weighted by Gasteiger charge is 2.33. The molecule has 2 heterocycles. The number of pyridine rings is 1. The topological polar surface area (TPSA) is 38.7 Å². The Bertz CT molecular complexity index is 1330. The van der Waals surface area contributed by atoms with E-state index < -0.39 is 0 Å². The van der Waals surface area contributed by atoms with Gasteiger partial charge in [0.15, 0.2) is 0 Å². The molecule has 0 radical (unpaired) electrons. The minimum Gasteiger partial charge on any atom is -0.256 e. The average Bonchev–Trinajstić information content (AvgIpc) is 3.19. The Kier molecular flexibility index (Phi) is 4.17. The van der Waals surface area contributed by atoms with Crippen molar-refractivity contribution in [1.82, 2.24) is 15.2 Å². The Morgan fingerprint density at radius 3 is 2.00 bits per heavy atom. The molecular weight excluding hydrogens is 378 g/mol. The Hall–Kier alpha value is -4.11. The lowest BCUT2D eigenvalue weighted by Gasteiger charge is -2.18. The van der Waals surface area contributed by atoms with E-state index in [1.165, 1.54) is 16.7 Å². The van der Waals surface area contributed by atoms with Crippen molar-refractivity contribution in [3.05, 3.63) is 126 Å². The molecule has 1 atom stereocenters. The van der Waals surface area contributed by atoms with Crippen molar-refractivity contribution in [2.75, 3.05) is 0 Å². The van der Waals surface area contributed by atoms with Crippen molar-refractivity contribution in [2.45, 2.75) is 5.92 Å². The zero-order valence-electron chi connectivity index (χ0n) is 16.8. The Morgan fingerprint density at radius 1 is 0.516 bits per heavy atom. The smallest absolute Gasteiger partial charge is 0.0971 e. The van der Waals surface area contributed by atoms with Crippen molar-refractivity contribution in [3.8, 4) is 33.8 Å². The van der Waals surface area contributed by atoms with Gasteiger partial charge in [0, 0.05) is 28.8 Å². The first-order valence-corrected chi connectivity index (χ1v) is 10.4. The molecule has 0 bridgehead atoms. The van der Waals surface area contributed by atoms with Crippen LogP contribution in [0.2, 0.25) is 0 Å². The van der Waals surface area contributed by atoms with E-state index in [-0.39, 0.29) is 5.92 Å². The van der Waals surface area contributed by atoms with Gasteiger partial charge in [0.2, 0.25) is 0 Å². The summed E-state index contributed by atoms with van der Waals surface area (Å²) in [5, 5.41) is 9.35. The summed E-state index contributed by atoms with van der Waals surface area (Å²) in [6, 6.07) is 35.5. The summed E-state index contributed by atoms with van der Waals surface area (Å²) in [5.41, 5.74) is 9.81. The SMILES string of the molecule is c1ccc(-c2cc([C@@H]3c4ccccc4-c4ncccc43)c(-c3ccccc3)nn2)cc1. The Morgan fingerprint density at radius 2 is 1.19 bits per heavy atom. The molecule has 0 spiro atoms. The molecule has 0 amide bonds. The van der Waals surface area contributed by atoms with Gasteiger partial charge in [-0.05, 0) is 28.8 Å². The molecule has 0 saturated heterocycles. The number of rotatable bonds is 3. The molecule has 1 aliphatic carbocycles. The number of fused-ring (bicyclic) bond motifs is 3. The van der Waals surface area contributed by atoms with E-state index in [4.69, 9.17) is 10.1 Å². The molecular formula is C28H19N3. The lowest BCUT2D eigenvalue weighted by atomic mass is 9.86. The predicted molar refractivity (Wildman–Crippen MR) is 124 cm³/mol. The van der Waals surface area contributed by atoms with Crippen LogP contribution < -0.4 is 0 Å². The van der Waals surface area contributed by atoms with Crippen molar-refractivity contribution >= 4 is 0 Å². The van der Waals surface area contributed by atoms with Gasteiger partial charge in [-0.3, -0.25) is 4.98 Å². The molecule has 0 fully saturated rings. The van der Waals surface area contributed by atoms with Gasteiger partial charge in [-0.1, -0.05) is 91.0 Å². The van der Waals surface area contributed by atoms with Gasteiger partial charge >= 0.3 is 0 Å². The van der Waals surface area contributed by atoms with E-state index in [0.717, 1.165) is 33.8 Å².